The van der Waals surface area contributed by atoms with Gasteiger partial charge in [0, 0.05) is 18.1 Å². The molecule has 0 aliphatic heterocycles. The average Bonchev–Trinajstić information content (AvgIpc) is 3.24. The van der Waals surface area contributed by atoms with Crippen molar-refractivity contribution in [2.24, 2.45) is 0 Å². The van der Waals surface area contributed by atoms with Crippen LogP contribution in [0.1, 0.15) is 11.1 Å². The van der Waals surface area contributed by atoms with Crippen LogP contribution in [0.4, 0.5) is 26.3 Å². The Bertz CT molecular complexity index is 1540. The second kappa shape index (κ2) is 11.1. The van der Waals surface area contributed by atoms with Crippen LogP contribution in [0.2, 0.25) is 0 Å². The fourth-order valence-electron chi connectivity index (χ4n) is 3.82. The summed E-state index contributed by atoms with van der Waals surface area (Å²) in [4.78, 5) is -0.281. The van der Waals surface area contributed by atoms with Crippen LogP contribution in [0, 0.1) is 11.6 Å². The molecule has 0 radical (unpaired) electrons. The minimum Gasteiger partial charge on any atom is -0.487 e. The monoisotopic (exact) mass is 556 g/mol. The Labute approximate surface area is 214 Å². The van der Waals surface area contributed by atoms with Crippen molar-refractivity contribution in [2.75, 3.05) is 13.2 Å². The van der Waals surface area contributed by atoms with Crippen molar-refractivity contribution in [2.45, 2.75) is 30.2 Å². The van der Waals surface area contributed by atoms with Crippen molar-refractivity contribution < 1.29 is 39.5 Å². The molecule has 1 N–H and O–H groups in total. The highest BCUT2D eigenvalue weighted by Gasteiger charge is 2.41. The van der Waals surface area contributed by atoms with Crippen LogP contribution < -0.4 is 10.1 Å². The second-order valence-corrected chi connectivity index (χ2v) is 10.3. The summed E-state index contributed by atoms with van der Waals surface area (Å²) in [5.74, 6) is -5.62. The van der Waals surface area contributed by atoms with Gasteiger partial charge in [0.1, 0.15) is 17.4 Å². The predicted octanol–water partition coefficient (Wildman–Crippen LogP) is 5.77. The van der Waals surface area contributed by atoms with Crippen LogP contribution in [-0.2, 0) is 23.0 Å². The SMILES string of the molecule is O=S(=O)(c1cccc(F)c1)n1cc(CCNCc2cccc(OCC(F)(F)C(F)F)c2)c2ccc(F)cc21. The Morgan fingerprint density at radius 3 is 2.42 bits per heavy atom. The number of nitrogens with zero attached hydrogens (tertiary/aromatic N) is 1. The van der Waals surface area contributed by atoms with Crippen LogP contribution in [-0.4, -0.2) is 37.9 Å². The van der Waals surface area contributed by atoms with Crippen LogP contribution in [0.3, 0.4) is 0 Å². The lowest BCUT2D eigenvalue weighted by molar-refractivity contribution is -0.148. The van der Waals surface area contributed by atoms with Crippen molar-refractivity contribution in [1.29, 1.82) is 0 Å². The van der Waals surface area contributed by atoms with E-state index >= 15 is 0 Å². The lowest BCUT2D eigenvalue weighted by Crippen LogP contribution is -2.33. The Hall–Kier alpha value is -3.51. The van der Waals surface area contributed by atoms with Gasteiger partial charge in [-0.3, -0.25) is 0 Å². The summed E-state index contributed by atoms with van der Waals surface area (Å²) in [7, 11) is -4.21. The largest absolute Gasteiger partial charge is 0.487 e. The fraction of sp³-hybridized carbons (Fsp3) is 0.231. The molecule has 0 amide bonds. The van der Waals surface area contributed by atoms with Crippen LogP contribution in [0.5, 0.6) is 5.75 Å². The van der Waals surface area contributed by atoms with Crippen LogP contribution in [0.15, 0.2) is 77.8 Å². The van der Waals surface area contributed by atoms with Gasteiger partial charge in [0.15, 0.2) is 6.61 Å². The summed E-state index contributed by atoms with van der Waals surface area (Å²) in [5.41, 5.74) is 1.34. The number of halogens is 6. The summed E-state index contributed by atoms with van der Waals surface area (Å²) in [5, 5.41) is 3.63. The van der Waals surface area contributed by atoms with E-state index in [2.05, 4.69) is 5.32 Å². The van der Waals surface area contributed by atoms with E-state index in [1.165, 1.54) is 48.7 Å². The van der Waals surface area contributed by atoms with E-state index in [4.69, 9.17) is 4.74 Å². The van der Waals surface area contributed by atoms with E-state index in [1.54, 1.807) is 6.07 Å². The first kappa shape index (κ1) is 27.5. The number of alkyl halides is 4. The van der Waals surface area contributed by atoms with Crippen molar-refractivity contribution in [1.82, 2.24) is 9.29 Å². The molecule has 4 rings (SSSR count). The number of aromatic nitrogens is 1. The first-order valence-electron chi connectivity index (χ1n) is 11.4. The maximum Gasteiger partial charge on any atom is 0.340 e. The van der Waals surface area contributed by atoms with Gasteiger partial charge in [-0.1, -0.05) is 18.2 Å². The molecule has 202 valence electrons. The van der Waals surface area contributed by atoms with E-state index in [-0.39, 0.29) is 22.7 Å². The van der Waals surface area contributed by atoms with Crippen LogP contribution in [0.25, 0.3) is 10.9 Å². The summed E-state index contributed by atoms with van der Waals surface area (Å²) in [6, 6.07) is 14.3. The lowest BCUT2D eigenvalue weighted by atomic mass is 10.1. The molecule has 0 aliphatic carbocycles. The standard InChI is InChI=1S/C26H22F6N2O3S/c27-19-4-2-6-22(12-19)38(35,36)34-15-18(23-8-7-20(28)13-24(23)34)9-10-33-14-17-3-1-5-21(11-17)37-16-26(31,32)25(29)30/h1-8,11-13,15,25,33H,9-10,14,16H2. The molecule has 0 aliphatic rings. The zero-order chi connectivity index (χ0) is 27.5. The highest BCUT2D eigenvalue weighted by molar-refractivity contribution is 7.90. The van der Waals surface area contributed by atoms with E-state index in [1.807, 2.05) is 0 Å². The third-order valence-corrected chi connectivity index (χ3v) is 7.39. The highest BCUT2D eigenvalue weighted by Crippen LogP contribution is 2.28. The number of ether oxygens (including phenoxy) is 1. The molecule has 3 aromatic carbocycles. The van der Waals surface area contributed by atoms with Gasteiger partial charge in [-0.2, -0.15) is 8.78 Å². The smallest absolute Gasteiger partial charge is 0.340 e. The number of benzene rings is 3. The molecule has 4 aromatic rings. The Morgan fingerprint density at radius 1 is 0.947 bits per heavy atom. The first-order valence-corrected chi connectivity index (χ1v) is 12.8. The van der Waals surface area contributed by atoms with E-state index in [0.29, 0.717) is 29.5 Å². The normalized spacial score (nSPS) is 12.4. The number of hydrogen-bond acceptors (Lipinski definition) is 4. The molecule has 1 heterocycles. The number of fused-ring (bicyclic) bond motifs is 1. The first-order chi connectivity index (χ1) is 18.0. The maximum atomic E-state index is 14.0. The molecule has 0 fully saturated rings. The van der Waals surface area contributed by atoms with E-state index in [9.17, 15) is 34.8 Å². The number of hydrogen-bond donors (Lipinski definition) is 1. The van der Waals surface area contributed by atoms with Gasteiger partial charge in [-0.15, -0.1) is 0 Å². The minimum absolute atomic E-state index is 0.0114. The topological polar surface area (TPSA) is 60.3 Å². The van der Waals surface area contributed by atoms with Gasteiger partial charge in [-0.25, -0.2) is 30.0 Å². The zero-order valence-corrected chi connectivity index (χ0v) is 20.5. The van der Waals surface area contributed by atoms with E-state index in [0.717, 1.165) is 22.2 Å². The minimum atomic E-state index is -4.27. The number of nitrogens with one attached hydrogen (secondary N) is 1. The van der Waals surface area contributed by atoms with Crippen molar-refractivity contribution >= 4 is 20.9 Å². The fourth-order valence-corrected chi connectivity index (χ4v) is 5.24. The molecule has 5 nitrogen and oxygen atoms in total. The summed E-state index contributed by atoms with van der Waals surface area (Å²) in [6.07, 6.45) is -2.13. The molecule has 1 aromatic heterocycles. The third-order valence-electron chi connectivity index (χ3n) is 5.72. The summed E-state index contributed by atoms with van der Waals surface area (Å²) < 4.78 is 111. The van der Waals surface area contributed by atoms with Crippen LogP contribution >= 0.6 is 0 Å². The molecule has 0 saturated carbocycles. The van der Waals surface area contributed by atoms with E-state index < -0.39 is 40.6 Å². The Morgan fingerprint density at radius 2 is 1.68 bits per heavy atom. The van der Waals surface area contributed by atoms with Gasteiger partial charge in [0.2, 0.25) is 0 Å². The van der Waals surface area contributed by atoms with Gasteiger partial charge in [0.05, 0.1) is 10.4 Å². The Balaban J connectivity index is 1.46. The summed E-state index contributed by atoms with van der Waals surface area (Å²) in [6.45, 7) is -0.826. The highest BCUT2D eigenvalue weighted by atomic mass is 32.2. The van der Waals surface area contributed by atoms with Gasteiger partial charge in [-0.05, 0) is 72.6 Å². The lowest BCUT2D eigenvalue weighted by Gasteiger charge is -2.16. The van der Waals surface area contributed by atoms with Crippen molar-refractivity contribution in [3.8, 4) is 5.75 Å². The molecule has 0 unspecified atom stereocenters. The molecule has 0 atom stereocenters. The molecule has 0 bridgehead atoms. The van der Waals surface area contributed by atoms with Gasteiger partial charge in [0.25, 0.3) is 10.0 Å². The second-order valence-electron chi connectivity index (χ2n) is 8.50. The molecular weight excluding hydrogens is 534 g/mol. The van der Waals surface area contributed by atoms with Gasteiger partial charge >= 0.3 is 12.3 Å². The molecule has 38 heavy (non-hydrogen) atoms. The molecule has 0 saturated heterocycles. The summed E-state index contributed by atoms with van der Waals surface area (Å²) >= 11 is 0. The van der Waals surface area contributed by atoms with Gasteiger partial charge < -0.3 is 10.1 Å². The molecule has 0 spiro atoms. The maximum absolute atomic E-state index is 14.0. The Kier molecular flexibility index (Phi) is 8.02. The van der Waals surface area contributed by atoms with Crippen molar-refractivity contribution in [3.63, 3.8) is 0 Å². The predicted molar refractivity (Wildman–Crippen MR) is 129 cm³/mol. The van der Waals surface area contributed by atoms with Crippen molar-refractivity contribution in [3.05, 3.63) is 95.7 Å². The zero-order valence-electron chi connectivity index (χ0n) is 19.7. The molecular formula is C26H22F6N2O3S. The third kappa shape index (κ3) is 6.13. The average molecular weight is 557 g/mol. The number of rotatable bonds is 11. The molecule has 12 heteroatoms. The quantitative estimate of drug-likeness (QED) is 0.188.